The first-order chi connectivity index (χ1) is 7.09. The number of carbonyl (C=O) groups excluding carboxylic acids is 1. The summed E-state index contributed by atoms with van der Waals surface area (Å²) < 4.78 is 0. The lowest BCUT2D eigenvalue weighted by Gasteiger charge is -2.11. The number of nitrogens with one attached hydrogen (secondary N) is 1. The van der Waals surface area contributed by atoms with E-state index in [1.807, 2.05) is 43.3 Å². The average molecular weight is 243 g/mol. The van der Waals surface area contributed by atoms with Crippen LogP contribution in [0.3, 0.4) is 0 Å². The SMILES string of the molecule is CN(C)c1ccc(/C=N/NC(N)=O)cc1.Cl. The molecule has 3 N–H and O–H groups in total. The normalized spacial score (nSPS) is 9.62. The first-order valence-corrected chi connectivity index (χ1v) is 4.45. The van der Waals surface area contributed by atoms with Gasteiger partial charge in [-0.15, -0.1) is 12.4 Å². The van der Waals surface area contributed by atoms with E-state index < -0.39 is 6.03 Å². The number of nitrogens with zero attached hydrogens (tertiary/aromatic N) is 2. The van der Waals surface area contributed by atoms with Crippen LogP contribution in [0.15, 0.2) is 29.4 Å². The van der Waals surface area contributed by atoms with Crippen molar-refractivity contribution in [3.05, 3.63) is 29.8 Å². The van der Waals surface area contributed by atoms with Gasteiger partial charge >= 0.3 is 6.03 Å². The third kappa shape index (κ3) is 4.65. The predicted molar refractivity (Wildman–Crippen MR) is 68.3 cm³/mol. The van der Waals surface area contributed by atoms with Gasteiger partial charge in [0.15, 0.2) is 0 Å². The summed E-state index contributed by atoms with van der Waals surface area (Å²) in [4.78, 5) is 12.3. The van der Waals surface area contributed by atoms with E-state index in [0.29, 0.717) is 0 Å². The van der Waals surface area contributed by atoms with E-state index in [1.165, 1.54) is 6.21 Å². The van der Waals surface area contributed by atoms with Crippen molar-refractivity contribution in [2.75, 3.05) is 19.0 Å². The summed E-state index contributed by atoms with van der Waals surface area (Å²) in [6.07, 6.45) is 1.53. The van der Waals surface area contributed by atoms with Gasteiger partial charge in [-0.2, -0.15) is 5.10 Å². The van der Waals surface area contributed by atoms with Gasteiger partial charge in [-0.3, -0.25) is 0 Å². The van der Waals surface area contributed by atoms with Crippen LogP contribution in [0.2, 0.25) is 0 Å². The number of hydrogen-bond donors (Lipinski definition) is 2. The highest BCUT2D eigenvalue weighted by Gasteiger charge is 1.93. The maximum Gasteiger partial charge on any atom is 0.332 e. The molecule has 0 atom stereocenters. The largest absolute Gasteiger partial charge is 0.378 e. The molecule has 1 aromatic rings. The van der Waals surface area contributed by atoms with Gasteiger partial charge in [-0.25, -0.2) is 10.2 Å². The fraction of sp³-hybridized carbons (Fsp3) is 0.200. The number of hydrogen-bond acceptors (Lipinski definition) is 3. The molecular weight excluding hydrogens is 228 g/mol. The van der Waals surface area contributed by atoms with Crippen LogP contribution in [0.4, 0.5) is 10.5 Å². The summed E-state index contributed by atoms with van der Waals surface area (Å²) in [6, 6.07) is 7.07. The first-order valence-electron chi connectivity index (χ1n) is 4.45. The van der Waals surface area contributed by atoms with Crippen molar-refractivity contribution in [1.29, 1.82) is 0 Å². The summed E-state index contributed by atoms with van der Waals surface area (Å²) >= 11 is 0. The summed E-state index contributed by atoms with van der Waals surface area (Å²) in [6.45, 7) is 0. The van der Waals surface area contributed by atoms with Gasteiger partial charge in [-0.1, -0.05) is 12.1 Å². The zero-order valence-electron chi connectivity index (χ0n) is 9.18. The Morgan fingerprint density at radius 1 is 1.38 bits per heavy atom. The standard InChI is InChI=1S/C10H14N4O.ClH/c1-14(2)9-5-3-8(4-6-9)7-12-13-10(11)15;/h3-7H,1-2H3,(H3,11,13,15);1H/b12-7+;. The quantitative estimate of drug-likeness (QED) is 0.617. The molecule has 0 aliphatic carbocycles. The van der Waals surface area contributed by atoms with E-state index in [0.717, 1.165) is 11.3 Å². The molecule has 0 aliphatic rings. The van der Waals surface area contributed by atoms with Crippen molar-refractivity contribution in [2.24, 2.45) is 10.8 Å². The topological polar surface area (TPSA) is 70.7 Å². The predicted octanol–water partition coefficient (Wildman–Crippen LogP) is 1.18. The lowest BCUT2D eigenvalue weighted by molar-refractivity contribution is 0.249. The van der Waals surface area contributed by atoms with Crippen LogP contribution in [0.25, 0.3) is 0 Å². The number of carbonyl (C=O) groups is 1. The Morgan fingerprint density at radius 3 is 2.38 bits per heavy atom. The molecule has 0 saturated carbocycles. The minimum atomic E-state index is -0.670. The molecule has 2 amide bonds. The first kappa shape index (κ1) is 14.2. The molecule has 0 radical (unpaired) electrons. The molecule has 1 rings (SSSR count). The third-order valence-electron chi connectivity index (χ3n) is 1.80. The number of nitrogens with two attached hydrogens (primary N) is 1. The molecule has 0 fully saturated rings. The van der Waals surface area contributed by atoms with Crippen molar-refractivity contribution in [3.63, 3.8) is 0 Å². The second kappa shape index (κ2) is 6.68. The molecular formula is C10H15ClN4O. The minimum absolute atomic E-state index is 0. The van der Waals surface area contributed by atoms with Gasteiger partial charge in [-0.05, 0) is 17.7 Å². The third-order valence-corrected chi connectivity index (χ3v) is 1.80. The number of anilines is 1. The van der Waals surface area contributed by atoms with Crippen LogP contribution < -0.4 is 16.1 Å². The van der Waals surface area contributed by atoms with Crippen LogP contribution >= 0.6 is 12.4 Å². The number of halogens is 1. The highest BCUT2D eigenvalue weighted by atomic mass is 35.5. The molecule has 1 aromatic carbocycles. The second-order valence-corrected chi connectivity index (χ2v) is 3.22. The second-order valence-electron chi connectivity index (χ2n) is 3.22. The average Bonchev–Trinajstić information content (AvgIpc) is 2.18. The Balaban J connectivity index is 0.00000225. The molecule has 0 spiro atoms. The van der Waals surface area contributed by atoms with Gasteiger partial charge in [0.2, 0.25) is 0 Å². The number of benzene rings is 1. The Labute approximate surface area is 101 Å². The monoisotopic (exact) mass is 242 g/mol. The maximum absolute atomic E-state index is 10.3. The highest BCUT2D eigenvalue weighted by Crippen LogP contribution is 2.10. The highest BCUT2D eigenvalue weighted by molar-refractivity contribution is 5.85. The summed E-state index contributed by atoms with van der Waals surface area (Å²) in [5, 5.41) is 3.65. The minimum Gasteiger partial charge on any atom is -0.378 e. The molecule has 16 heavy (non-hydrogen) atoms. The molecule has 0 aliphatic heterocycles. The Morgan fingerprint density at radius 2 is 1.94 bits per heavy atom. The number of amides is 2. The Bertz CT molecular complexity index is 362. The number of hydrazone groups is 1. The van der Waals surface area contributed by atoms with Crippen LogP contribution in [0.5, 0.6) is 0 Å². The zero-order valence-corrected chi connectivity index (χ0v) is 9.99. The van der Waals surface area contributed by atoms with E-state index >= 15 is 0 Å². The zero-order chi connectivity index (χ0) is 11.3. The van der Waals surface area contributed by atoms with Gasteiger partial charge in [0.05, 0.1) is 6.21 Å². The molecule has 0 bridgehead atoms. The fourth-order valence-electron chi connectivity index (χ4n) is 1.03. The maximum atomic E-state index is 10.3. The van der Waals surface area contributed by atoms with Crippen molar-refractivity contribution >= 4 is 30.3 Å². The van der Waals surface area contributed by atoms with Crippen molar-refractivity contribution < 1.29 is 4.79 Å². The van der Waals surface area contributed by atoms with E-state index in [4.69, 9.17) is 5.73 Å². The van der Waals surface area contributed by atoms with Crippen LogP contribution in [-0.4, -0.2) is 26.3 Å². The summed E-state index contributed by atoms with van der Waals surface area (Å²) in [7, 11) is 3.94. The van der Waals surface area contributed by atoms with Gasteiger partial charge in [0, 0.05) is 19.8 Å². The van der Waals surface area contributed by atoms with Gasteiger partial charge in [0.25, 0.3) is 0 Å². The smallest absolute Gasteiger partial charge is 0.332 e. The lowest BCUT2D eigenvalue weighted by atomic mass is 10.2. The van der Waals surface area contributed by atoms with Crippen molar-refractivity contribution in [3.8, 4) is 0 Å². The van der Waals surface area contributed by atoms with Crippen LogP contribution in [0.1, 0.15) is 5.56 Å². The number of rotatable bonds is 3. The molecule has 88 valence electrons. The summed E-state index contributed by atoms with van der Waals surface area (Å²) in [5.74, 6) is 0. The van der Waals surface area contributed by atoms with E-state index in [9.17, 15) is 4.79 Å². The van der Waals surface area contributed by atoms with Gasteiger partial charge in [0.1, 0.15) is 0 Å². The number of primary amides is 1. The molecule has 0 saturated heterocycles. The lowest BCUT2D eigenvalue weighted by Crippen LogP contribution is -2.24. The van der Waals surface area contributed by atoms with Crippen molar-refractivity contribution in [1.82, 2.24) is 5.43 Å². The van der Waals surface area contributed by atoms with Crippen LogP contribution in [0, 0.1) is 0 Å². The van der Waals surface area contributed by atoms with E-state index in [-0.39, 0.29) is 12.4 Å². The number of urea groups is 1. The Kier molecular flexibility index (Phi) is 5.95. The molecule has 0 unspecified atom stereocenters. The van der Waals surface area contributed by atoms with Gasteiger partial charge < -0.3 is 10.6 Å². The summed E-state index contributed by atoms with van der Waals surface area (Å²) in [5.41, 5.74) is 8.98. The molecule has 6 heteroatoms. The molecule has 0 aromatic heterocycles. The fourth-order valence-corrected chi connectivity index (χ4v) is 1.03. The Hall–Kier alpha value is -1.75. The molecule has 0 heterocycles. The molecule has 5 nitrogen and oxygen atoms in total. The van der Waals surface area contributed by atoms with Crippen molar-refractivity contribution in [2.45, 2.75) is 0 Å². The van der Waals surface area contributed by atoms with E-state index in [2.05, 4.69) is 10.5 Å². The van der Waals surface area contributed by atoms with E-state index in [1.54, 1.807) is 0 Å². The van der Waals surface area contributed by atoms with Crippen LogP contribution in [-0.2, 0) is 0 Å².